The fourth-order valence-corrected chi connectivity index (χ4v) is 1.64. The van der Waals surface area contributed by atoms with Crippen molar-refractivity contribution in [3.8, 4) is 23.0 Å². The highest BCUT2D eigenvalue weighted by atomic mass is 16.5. The quantitative estimate of drug-likeness (QED) is 0.473. The maximum atomic E-state index is 11.6. The van der Waals surface area contributed by atoms with Gasteiger partial charge < -0.3 is 10.4 Å². The van der Waals surface area contributed by atoms with Crippen LogP contribution in [0.4, 0.5) is 0 Å². The van der Waals surface area contributed by atoms with E-state index in [-0.39, 0.29) is 23.0 Å². The Labute approximate surface area is 113 Å². The van der Waals surface area contributed by atoms with Gasteiger partial charge in [0.25, 0.3) is 23.0 Å². The second-order valence-electron chi connectivity index (χ2n) is 3.87. The Morgan fingerprint density at radius 2 is 1.05 bits per heavy atom. The van der Waals surface area contributed by atoms with Gasteiger partial charge in [0.05, 0.1) is 0 Å². The Balaban J connectivity index is 2.01. The van der Waals surface area contributed by atoms with Crippen molar-refractivity contribution in [2.45, 2.75) is 0 Å². The molecule has 0 aromatic carbocycles. The average Bonchev–Trinajstić information content (AvgIpc) is 2.49. The van der Waals surface area contributed by atoms with E-state index < -0.39 is 0 Å². The Bertz CT molecular complexity index is 682. The first-order chi connectivity index (χ1) is 9.75. The van der Waals surface area contributed by atoms with Gasteiger partial charge in [-0.25, -0.2) is 0 Å². The van der Waals surface area contributed by atoms with E-state index in [1.807, 2.05) is 0 Å². The van der Waals surface area contributed by atoms with Crippen LogP contribution in [0.25, 0.3) is 23.0 Å². The molecular formula is C12H8N6O2. The predicted octanol–water partition coefficient (Wildman–Crippen LogP) is -0.133. The standard InChI is InChI=1S/C12H8N6O2/c19-17-7-3-1-5-9(17)11-13-15-12(16-14-11)10-6-2-4-8-18(10)20/h1-8H. The highest BCUT2D eigenvalue weighted by Gasteiger charge is 2.16. The van der Waals surface area contributed by atoms with Gasteiger partial charge in [-0.2, -0.15) is 9.46 Å². The van der Waals surface area contributed by atoms with Crippen LogP contribution in [-0.2, 0) is 0 Å². The minimum absolute atomic E-state index is 0.0951. The van der Waals surface area contributed by atoms with Crippen molar-refractivity contribution in [3.05, 3.63) is 59.2 Å². The maximum Gasteiger partial charge on any atom is 0.268 e. The van der Waals surface area contributed by atoms with Gasteiger partial charge in [0.15, 0.2) is 12.4 Å². The van der Waals surface area contributed by atoms with Crippen LogP contribution in [0.1, 0.15) is 0 Å². The molecule has 0 atom stereocenters. The first-order valence-corrected chi connectivity index (χ1v) is 5.70. The number of rotatable bonds is 2. The highest BCUT2D eigenvalue weighted by Crippen LogP contribution is 2.10. The molecule has 0 amide bonds. The third kappa shape index (κ3) is 2.09. The molecule has 0 spiro atoms. The summed E-state index contributed by atoms with van der Waals surface area (Å²) in [6.45, 7) is 0. The summed E-state index contributed by atoms with van der Waals surface area (Å²) in [5.41, 5.74) is 0.476. The Morgan fingerprint density at radius 1 is 0.650 bits per heavy atom. The summed E-state index contributed by atoms with van der Waals surface area (Å²) in [5, 5.41) is 38.4. The number of nitrogens with zero attached hydrogens (tertiary/aromatic N) is 6. The number of pyridine rings is 2. The second-order valence-corrected chi connectivity index (χ2v) is 3.87. The molecule has 0 saturated carbocycles. The van der Waals surface area contributed by atoms with Gasteiger partial charge >= 0.3 is 0 Å². The van der Waals surface area contributed by atoms with Gasteiger partial charge in [-0.3, -0.25) is 0 Å². The molecule has 20 heavy (non-hydrogen) atoms. The van der Waals surface area contributed by atoms with E-state index in [2.05, 4.69) is 20.4 Å². The van der Waals surface area contributed by atoms with E-state index in [1.54, 1.807) is 36.4 Å². The molecule has 98 valence electrons. The summed E-state index contributed by atoms with van der Waals surface area (Å²) in [5.74, 6) is 0.190. The smallest absolute Gasteiger partial charge is 0.268 e. The molecule has 3 heterocycles. The summed E-state index contributed by atoms with van der Waals surface area (Å²) >= 11 is 0. The van der Waals surface area contributed by atoms with E-state index in [9.17, 15) is 10.4 Å². The maximum absolute atomic E-state index is 11.6. The van der Waals surface area contributed by atoms with Gasteiger partial charge in [0.1, 0.15) is 0 Å². The molecular weight excluding hydrogens is 260 g/mol. The van der Waals surface area contributed by atoms with Gasteiger partial charge in [0.2, 0.25) is 0 Å². The average molecular weight is 268 g/mol. The van der Waals surface area contributed by atoms with E-state index in [0.29, 0.717) is 9.46 Å². The zero-order chi connectivity index (χ0) is 13.9. The Hall–Kier alpha value is -3.16. The van der Waals surface area contributed by atoms with Crippen molar-refractivity contribution in [2.75, 3.05) is 0 Å². The molecule has 3 aromatic rings. The molecule has 3 aromatic heterocycles. The zero-order valence-electron chi connectivity index (χ0n) is 10.1. The molecule has 8 heteroatoms. The van der Waals surface area contributed by atoms with Crippen LogP contribution in [0, 0.1) is 10.4 Å². The largest absolute Gasteiger partial charge is 0.618 e. The van der Waals surface area contributed by atoms with Crippen LogP contribution in [0.3, 0.4) is 0 Å². The van der Waals surface area contributed by atoms with Crippen molar-refractivity contribution in [3.63, 3.8) is 0 Å². The van der Waals surface area contributed by atoms with Crippen LogP contribution in [0.15, 0.2) is 48.8 Å². The van der Waals surface area contributed by atoms with E-state index >= 15 is 0 Å². The summed E-state index contributed by atoms with van der Waals surface area (Å²) in [6.07, 6.45) is 2.66. The summed E-state index contributed by atoms with van der Waals surface area (Å²) in [7, 11) is 0. The van der Waals surface area contributed by atoms with Crippen molar-refractivity contribution in [1.82, 2.24) is 20.4 Å². The van der Waals surface area contributed by atoms with Crippen molar-refractivity contribution in [1.29, 1.82) is 0 Å². The lowest BCUT2D eigenvalue weighted by Gasteiger charge is -2.02. The lowest BCUT2D eigenvalue weighted by molar-refractivity contribution is -0.594. The van der Waals surface area contributed by atoms with Crippen molar-refractivity contribution < 1.29 is 9.46 Å². The number of hydrogen-bond acceptors (Lipinski definition) is 6. The van der Waals surface area contributed by atoms with Crippen molar-refractivity contribution >= 4 is 0 Å². The van der Waals surface area contributed by atoms with Crippen molar-refractivity contribution in [2.24, 2.45) is 0 Å². The minimum Gasteiger partial charge on any atom is -0.618 e. The molecule has 0 aliphatic rings. The molecule has 0 aliphatic carbocycles. The van der Waals surface area contributed by atoms with Gasteiger partial charge in [-0.05, 0) is 12.1 Å². The Morgan fingerprint density at radius 3 is 1.40 bits per heavy atom. The molecule has 0 radical (unpaired) electrons. The molecule has 0 unspecified atom stereocenters. The topological polar surface area (TPSA) is 105 Å². The number of aromatic nitrogens is 6. The van der Waals surface area contributed by atoms with E-state index in [4.69, 9.17) is 0 Å². The molecule has 0 aliphatic heterocycles. The van der Waals surface area contributed by atoms with Crippen LogP contribution in [-0.4, -0.2) is 20.4 Å². The molecule has 3 rings (SSSR count). The monoisotopic (exact) mass is 268 g/mol. The third-order valence-corrected chi connectivity index (χ3v) is 2.59. The third-order valence-electron chi connectivity index (χ3n) is 2.59. The highest BCUT2D eigenvalue weighted by molar-refractivity contribution is 5.46. The Kier molecular flexibility index (Phi) is 2.88. The summed E-state index contributed by atoms with van der Waals surface area (Å²) in [4.78, 5) is 0. The van der Waals surface area contributed by atoms with E-state index in [1.165, 1.54) is 12.4 Å². The second kappa shape index (κ2) is 4.84. The van der Waals surface area contributed by atoms with Gasteiger partial charge in [-0.15, -0.1) is 20.4 Å². The predicted molar refractivity (Wildman–Crippen MR) is 66.4 cm³/mol. The molecule has 0 N–H and O–H groups in total. The molecule has 0 saturated heterocycles. The number of hydrogen-bond donors (Lipinski definition) is 0. The lowest BCUT2D eigenvalue weighted by atomic mass is 10.3. The SMILES string of the molecule is [O-][n+]1ccccc1-c1nnc(-c2cccc[n+]2[O-])nn1. The van der Waals surface area contributed by atoms with Crippen LogP contribution >= 0.6 is 0 Å². The van der Waals surface area contributed by atoms with Crippen LogP contribution < -0.4 is 9.46 Å². The van der Waals surface area contributed by atoms with E-state index in [0.717, 1.165) is 0 Å². The normalized spacial score (nSPS) is 10.4. The minimum atomic E-state index is 0.0951. The first kappa shape index (κ1) is 11.9. The fourth-order valence-electron chi connectivity index (χ4n) is 1.64. The first-order valence-electron chi connectivity index (χ1n) is 5.70. The fraction of sp³-hybridized carbons (Fsp3) is 0. The molecule has 0 fully saturated rings. The van der Waals surface area contributed by atoms with Crippen LogP contribution in [0.5, 0.6) is 0 Å². The molecule has 8 nitrogen and oxygen atoms in total. The van der Waals surface area contributed by atoms with Gasteiger partial charge in [-0.1, -0.05) is 0 Å². The zero-order valence-corrected chi connectivity index (χ0v) is 10.1. The molecule has 0 bridgehead atoms. The summed E-state index contributed by atoms with van der Waals surface area (Å²) < 4.78 is 1.24. The van der Waals surface area contributed by atoms with Crippen LogP contribution in [0.2, 0.25) is 0 Å². The summed E-state index contributed by atoms with van der Waals surface area (Å²) in [6, 6.07) is 9.67. The lowest BCUT2D eigenvalue weighted by Crippen LogP contribution is -2.30. The van der Waals surface area contributed by atoms with Gasteiger partial charge in [0, 0.05) is 24.3 Å².